The summed E-state index contributed by atoms with van der Waals surface area (Å²) in [6.07, 6.45) is 4.97. The van der Waals surface area contributed by atoms with E-state index in [-0.39, 0.29) is 18.3 Å². The fourth-order valence-electron chi connectivity index (χ4n) is 4.10. The molecule has 1 saturated carbocycles. The number of hydrogen-bond acceptors (Lipinski definition) is 3. The predicted molar refractivity (Wildman–Crippen MR) is 95.4 cm³/mol. The van der Waals surface area contributed by atoms with E-state index in [1.165, 1.54) is 16.7 Å². The van der Waals surface area contributed by atoms with E-state index < -0.39 is 11.2 Å². The first-order valence-electron chi connectivity index (χ1n) is 8.89. The minimum absolute atomic E-state index is 0.0336. The van der Waals surface area contributed by atoms with Gasteiger partial charge in [-0.15, -0.1) is 0 Å². The van der Waals surface area contributed by atoms with Crippen LogP contribution in [0.15, 0.2) is 30.3 Å². The summed E-state index contributed by atoms with van der Waals surface area (Å²) in [5.74, 6) is 0.0549. The largest absolute Gasteiger partial charge is 0.460 e. The zero-order valence-electron chi connectivity index (χ0n) is 15.1. The lowest BCUT2D eigenvalue weighted by Gasteiger charge is -2.47. The highest BCUT2D eigenvalue weighted by Crippen LogP contribution is 2.51. The molecule has 130 valence electrons. The molecule has 3 aliphatic carbocycles. The van der Waals surface area contributed by atoms with Gasteiger partial charge in [-0.25, -0.2) is 0 Å². The Kier molecular flexibility index (Phi) is 4.33. The van der Waals surface area contributed by atoms with E-state index in [4.69, 9.17) is 4.74 Å². The first-order valence-corrected chi connectivity index (χ1v) is 8.89. The Bertz CT molecular complexity index is 651. The van der Waals surface area contributed by atoms with Gasteiger partial charge in [-0.05, 0) is 64.0 Å². The number of aryl methyl sites for hydroxylation is 1. The number of esters is 1. The lowest BCUT2D eigenvalue weighted by molar-refractivity contribution is -0.164. The second kappa shape index (κ2) is 6.03. The predicted octanol–water partition coefficient (Wildman–Crippen LogP) is 4.27. The van der Waals surface area contributed by atoms with Gasteiger partial charge in [-0.2, -0.15) is 0 Å². The van der Waals surface area contributed by atoms with Gasteiger partial charge in [-0.1, -0.05) is 35.9 Å². The minimum Gasteiger partial charge on any atom is -0.460 e. The van der Waals surface area contributed by atoms with Crippen molar-refractivity contribution in [2.75, 3.05) is 0 Å². The van der Waals surface area contributed by atoms with Crippen LogP contribution in [0.25, 0.3) is 5.57 Å². The van der Waals surface area contributed by atoms with Crippen molar-refractivity contribution in [2.24, 2.45) is 11.8 Å². The Hall–Kier alpha value is -1.61. The van der Waals surface area contributed by atoms with Gasteiger partial charge in [0.2, 0.25) is 0 Å². The summed E-state index contributed by atoms with van der Waals surface area (Å²) in [7, 11) is 0. The van der Waals surface area contributed by atoms with Crippen LogP contribution in [0, 0.1) is 18.8 Å². The number of benzene rings is 1. The molecule has 3 atom stereocenters. The standard InChI is InChI=1S/C21H28O3/c1-14-5-7-15(8-6-14)18-11-17-10-9-16(18)12-21(17,23)13-19(22)24-20(2,3)4/h5-8,11,16-17,23H,9-10,12-13H2,1-4H3/t16-,17-,21-/m1/s1. The van der Waals surface area contributed by atoms with Gasteiger partial charge in [0, 0.05) is 5.92 Å². The molecule has 3 nitrogen and oxygen atoms in total. The van der Waals surface area contributed by atoms with Crippen LogP contribution in [0.5, 0.6) is 0 Å². The summed E-state index contributed by atoms with van der Waals surface area (Å²) in [4.78, 5) is 12.2. The van der Waals surface area contributed by atoms with E-state index in [0.717, 1.165) is 12.8 Å². The van der Waals surface area contributed by atoms with Crippen molar-refractivity contribution in [1.82, 2.24) is 0 Å². The fraction of sp³-hybridized carbons (Fsp3) is 0.571. The summed E-state index contributed by atoms with van der Waals surface area (Å²) in [5, 5.41) is 11.1. The third-order valence-electron chi connectivity index (χ3n) is 5.19. The third-order valence-corrected chi connectivity index (χ3v) is 5.19. The van der Waals surface area contributed by atoms with E-state index in [9.17, 15) is 9.90 Å². The molecule has 0 amide bonds. The van der Waals surface area contributed by atoms with Crippen LogP contribution < -0.4 is 0 Å². The van der Waals surface area contributed by atoms with Crippen molar-refractivity contribution < 1.29 is 14.6 Å². The van der Waals surface area contributed by atoms with E-state index in [0.29, 0.717) is 12.3 Å². The molecule has 0 radical (unpaired) electrons. The van der Waals surface area contributed by atoms with Crippen molar-refractivity contribution in [3.05, 3.63) is 41.5 Å². The van der Waals surface area contributed by atoms with E-state index in [2.05, 4.69) is 37.3 Å². The van der Waals surface area contributed by atoms with E-state index in [1.807, 2.05) is 20.8 Å². The molecule has 0 saturated heterocycles. The molecule has 3 aliphatic rings. The molecule has 1 N–H and O–H groups in total. The van der Waals surface area contributed by atoms with Crippen LogP contribution >= 0.6 is 0 Å². The Morgan fingerprint density at radius 1 is 1.25 bits per heavy atom. The molecule has 1 fully saturated rings. The molecule has 0 spiro atoms. The average Bonchev–Trinajstić information content (AvgIpc) is 2.46. The van der Waals surface area contributed by atoms with Gasteiger partial charge < -0.3 is 9.84 Å². The number of aliphatic hydroxyl groups is 1. The molecule has 24 heavy (non-hydrogen) atoms. The number of allylic oxidation sites excluding steroid dienone is 1. The smallest absolute Gasteiger partial charge is 0.309 e. The maximum absolute atomic E-state index is 12.2. The van der Waals surface area contributed by atoms with Gasteiger partial charge in [0.1, 0.15) is 5.60 Å². The maximum Gasteiger partial charge on any atom is 0.309 e. The van der Waals surface area contributed by atoms with E-state index >= 15 is 0 Å². The maximum atomic E-state index is 12.2. The Morgan fingerprint density at radius 3 is 2.46 bits per heavy atom. The van der Waals surface area contributed by atoms with Gasteiger partial charge in [0.05, 0.1) is 12.0 Å². The van der Waals surface area contributed by atoms with Crippen molar-refractivity contribution >= 4 is 11.5 Å². The topological polar surface area (TPSA) is 46.5 Å². The second-order valence-corrected chi connectivity index (χ2v) is 8.44. The highest BCUT2D eigenvalue weighted by Gasteiger charge is 2.48. The van der Waals surface area contributed by atoms with Crippen LogP contribution in [0.2, 0.25) is 0 Å². The number of hydrogen-bond donors (Lipinski definition) is 1. The van der Waals surface area contributed by atoms with Crippen LogP contribution in [0.1, 0.15) is 57.6 Å². The molecule has 0 aliphatic heterocycles. The summed E-state index contributed by atoms with van der Waals surface area (Å²) >= 11 is 0. The molecule has 4 rings (SSSR count). The number of carbonyl (C=O) groups excluding carboxylic acids is 1. The molecule has 2 bridgehead atoms. The molecule has 1 aromatic rings. The highest BCUT2D eigenvalue weighted by atomic mass is 16.6. The number of rotatable bonds is 3. The summed E-state index contributed by atoms with van der Waals surface area (Å²) < 4.78 is 5.42. The molecule has 3 heteroatoms. The highest BCUT2D eigenvalue weighted by molar-refractivity contribution is 5.74. The third kappa shape index (κ3) is 3.56. The van der Waals surface area contributed by atoms with Gasteiger partial charge in [0.25, 0.3) is 0 Å². The summed E-state index contributed by atoms with van der Waals surface area (Å²) in [6, 6.07) is 8.58. The SMILES string of the molecule is Cc1ccc(C2=C[C@H]3CC[C@@H]2C[C@@]3(O)CC(=O)OC(C)(C)C)cc1. The zero-order valence-corrected chi connectivity index (χ0v) is 15.1. The lowest BCUT2D eigenvalue weighted by atomic mass is 9.61. The Balaban J connectivity index is 1.78. The second-order valence-electron chi connectivity index (χ2n) is 8.44. The van der Waals surface area contributed by atoms with Crippen molar-refractivity contribution in [3.8, 4) is 0 Å². The van der Waals surface area contributed by atoms with Crippen LogP contribution in [0.3, 0.4) is 0 Å². The van der Waals surface area contributed by atoms with Crippen LogP contribution in [0.4, 0.5) is 0 Å². The van der Waals surface area contributed by atoms with Crippen molar-refractivity contribution in [2.45, 2.75) is 64.6 Å². The molecule has 0 heterocycles. The normalized spacial score (nSPS) is 29.3. The number of ether oxygens (including phenoxy) is 1. The quantitative estimate of drug-likeness (QED) is 0.843. The van der Waals surface area contributed by atoms with E-state index in [1.54, 1.807) is 0 Å². The summed E-state index contributed by atoms with van der Waals surface area (Å²) in [5.41, 5.74) is 2.36. The average molecular weight is 328 g/mol. The first kappa shape index (κ1) is 17.2. The van der Waals surface area contributed by atoms with Gasteiger partial charge in [-0.3, -0.25) is 4.79 Å². The summed E-state index contributed by atoms with van der Waals surface area (Å²) in [6.45, 7) is 7.66. The number of fused-ring (bicyclic) bond motifs is 2. The van der Waals surface area contributed by atoms with Crippen molar-refractivity contribution in [3.63, 3.8) is 0 Å². The lowest BCUT2D eigenvalue weighted by Crippen LogP contribution is -2.48. The number of carbonyl (C=O) groups is 1. The Morgan fingerprint density at radius 2 is 1.92 bits per heavy atom. The fourth-order valence-corrected chi connectivity index (χ4v) is 4.10. The van der Waals surface area contributed by atoms with Crippen molar-refractivity contribution in [1.29, 1.82) is 0 Å². The van der Waals surface area contributed by atoms with Gasteiger partial charge in [0.15, 0.2) is 0 Å². The molecule has 0 aromatic heterocycles. The monoisotopic (exact) mass is 328 g/mol. The zero-order chi connectivity index (χ0) is 17.5. The first-order chi connectivity index (χ1) is 11.2. The minimum atomic E-state index is -0.959. The Labute approximate surface area is 144 Å². The van der Waals surface area contributed by atoms with Gasteiger partial charge >= 0.3 is 5.97 Å². The molecule has 1 aromatic carbocycles. The molecular weight excluding hydrogens is 300 g/mol. The van der Waals surface area contributed by atoms with Crippen LogP contribution in [-0.2, 0) is 9.53 Å². The molecular formula is C21H28O3. The molecule has 0 unspecified atom stereocenters. The van der Waals surface area contributed by atoms with Crippen LogP contribution in [-0.4, -0.2) is 22.3 Å².